The van der Waals surface area contributed by atoms with Crippen LogP contribution < -0.4 is 10.9 Å². The zero-order valence-corrected chi connectivity index (χ0v) is 18.9. The van der Waals surface area contributed by atoms with Crippen molar-refractivity contribution in [2.75, 3.05) is 0 Å². The molecule has 0 bridgehead atoms. The maximum absolute atomic E-state index is 13.1. The van der Waals surface area contributed by atoms with Crippen LogP contribution >= 0.6 is 11.3 Å². The maximum Gasteiger partial charge on any atom is 0.252 e. The quantitative estimate of drug-likeness (QED) is 0.569. The first kappa shape index (κ1) is 20.3. The summed E-state index contributed by atoms with van der Waals surface area (Å²) in [7, 11) is 0. The molecule has 1 spiro atoms. The van der Waals surface area contributed by atoms with Crippen LogP contribution in [0.15, 0.2) is 47.4 Å². The van der Waals surface area contributed by atoms with E-state index in [9.17, 15) is 9.59 Å². The number of aryl methyl sites for hydroxylation is 2. The predicted molar refractivity (Wildman–Crippen MR) is 126 cm³/mol. The van der Waals surface area contributed by atoms with Crippen LogP contribution in [0, 0.1) is 19.3 Å². The number of carbonyl (C=O) groups excluding carboxylic acids is 1. The van der Waals surface area contributed by atoms with Gasteiger partial charge in [-0.1, -0.05) is 30.7 Å². The molecule has 4 nitrogen and oxygen atoms in total. The monoisotopic (exact) mass is 432 g/mol. The van der Waals surface area contributed by atoms with Gasteiger partial charge in [0.05, 0.1) is 5.56 Å². The molecule has 31 heavy (non-hydrogen) atoms. The number of rotatable bonds is 5. The maximum atomic E-state index is 13.1. The van der Waals surface area contributed by atoms with Gasteiger partial charge in [-0.05, 0) is 79.7 Å². The highest BCUT2D eigenvalue weighted by Crippen LogP contribution is 2.55. The summed E-state index contributed by atoms with van der Waals surface area (Å²) in [5, 5.41) is 3.31. The summed E-state index contributed by atoms with van der Waals surface area (Å²) in [6, 6.07) is 12.1. The van der Waals surface area contributed by atoms with Gasteiger partial charge >= 0.3 is 0 Å². The van der Waals surface area contributed by atoms with E-state index in [0.717, 1.165) is 46.4 Å². The van der Waals surface area contributed by atoms with Crippen LogP contribution in [0.5, 0.6) is 0 Å². The van der Waals surface area contributed by atoms with Crippen LogP contribution in [-0.4, -0.2) is 16.9 Å². The largest absolute Gasteiger partial charge is 0.349 e. The molecule has 1 aromatic carbocycles. The van der Waals surface area contributed by atoms with E-state index in [1.807, 2.05) is 18.2 Å². The molecule has 3 aromatic rings. The number of nitrogens with one attached hydrogen (secondary N) is 2. The first-order chi connectivity index (χ1) is 14.9. The zero-order chi connectivity index (χ0) is 21.6. The number of thiophene rings is 1. The van der Waals surface area contributed by atoms with Crippen molar-refractivity contribution in [3.05, 3.63) is 79.4 Å². The van der Waals surface area contributed by atoms with Crippen molar-refractivity contribution in [1.82, 2.24) is 10.3 Å². The molecule has 2 aromatic heterocycles. The fraction of sp³-hybridized carbons (Fsp3) is 0.385. The van der Waals surface area contributed by atoms with Crippen molar-refractivity contribution in [2.24, 2.45) is 5.41 Å². The Kier molecular flexibility index (Phi) is 5.09. The standard InChI is InChI=1S/C26H28N2O2S/c1-16-22(12-18-4-6-19(7-5-18)20-8-11-27-23(29)13-20)24(17(2)31-16)25(30)28-21-14-26(15-21)9-3-10-26/h4-8,11,13,21H,3,9-10,12,14-15H2,1-2H3,(H,27,29)(H,28,30). The first-order valence-electron chi connectivity index (χ1n) is 11.1. The number of pyridine rings is 1. The summed E-state index contributed by atoms with van der Waals surface area (Å²) in [4.78, 5) is 29.7. The molecule has 2 aliphatic carbocycles. The first-order valence-corrected chi connectivity index (χ1v) is 11.9. The van der Waals surface area contributed by atoms with Crippen LogP contribution in [0.2, 0.25) is 0 Å². The summed E-state index contributed by atoms with van der Waals surface area (Å²) < 4.78 is 0. The van der Waals surface area contributed by atoms with Gasteiger partial charge in [0.25, 0.3) is 5.91 Å². The lowest BCUT2D eigenvalue weighted by atomic mass is 9.54. The summed E-state index contributed by atoms with van der Waals surface area (Å²) >= 11 is 1.71. The third-order valence-electron chi connectivity index (χ3n) is 7.16. The van der Waals surface area contributed by atoms with E-state index in [2.05, 4.69) is 36.3 Å². The van der Waals surface area contributed by atoms with Crippen molar-refractivity contribution >= 4 is 17.2 Å². The lowest BCUT2D eigenvalue weighted by molar-refractivity contribution is -0.000635. The van der Waals surface area contributed by atoms with Crippen LogP contribution in [-0.2, 0) is 6.42 Å². The second-order valence-electron chi connectivity index (χ2n) is 9.32. The van der Waals surface area contributed by atoms with Gasteiger partial charge in [0, 0.05) is 28.1 Å². The Morgan fingerprint density at radius 2 is 1.84 bits per heavy atom. The molecule has 160 valence electrons. The van der Waals surface area contributed by atoms with Crippen LogP contribution in [0.4, 0.5) is 0 Å². The molecule has 2 saturated carbocycles. The van der Waals surface area contributed by atoms with Gasteiger partial charge < -0.3 is 10.3 Å². The molecule has 2 aliphatic rings. The highest BCUT2D eigenvalue weighted by Gasteiger charge is 2.48. The second-order valence-corrected chi connectivity index (χ2v) is 10.7. The van der Waals surface area contributed by atoms with Gasteiger partial charge in [0.15, 0.2) is 0 Å². The van der Waals surface area contributed by atoms with Crippen molar-refractivity contribution in [3.8, 4) is 11.1 Å². The number of amides is 1. The molecule has 0 unspecified atom stereocenters. The lowest BCUT2D eigenvalue weighted by Crippen LogP contribution is -2.53. The molecule has 0 radical (unpaired) electrons. The smallest absolute Gasteiger partial charge is 0.252 e. The summed E-state index contributed by atoms with van der Waals surface area (Å²) in [6.45, 7) is 4.17. The van der Waals surface area contributed by atoms with E-state index in [4.69, 9.17) is 0 Å². The van der Waals surface area contributed by atoms with Crippen LogP contribution in [0.1, 0.15) is 63.3 Å². The Bertz CT molecular complexity index is 1180. The fourth-order valence-electron chi connectivity index (χ4n) is 5.31. The molecule has 2 heterocycles. The van der Waals surface area contributed by atoms with E-state index in [-0.39, 0.29) is 11.5 Å². The summed E-state index contributed by atoms with van der Waals surface area (Å²) in [5.74, 6) is 0.0937. The minimum Gasteiger partial charge on any atom is -0.349 e. The molecule has 0 aliphatic heterocycles. The van der Waals surface area contributed by atoms with Crippen LogP contribution in [0.3, 0.4) is 0 Å². The summed E-state index contributed by atoms with van der Waals surface area (Å²) in [5.41, 5.74) is 5.56. The third kappa shape index (κ3) is 3.87. The van der Waals surface area contributed by atoms with Crippen LogP contribution in [0.25, 0.3) is 11.1 Å². The van der Waals surface area contributed by atoms with E-state index in [1.165, 1.54) is 29.7 Å². The molecule has 5 rings (SSSR count). The number of benzene rings is 1. The molecule has 1 amide bonds. The second kappa shape index (κ2) is 7.79. The number of aromatic nitrogens is 1. The van der Waals surface area contributed by atoms with Gasteiger partial charge in [-0.2, -0.15) is 0 Å². The minimum atomic E-state index is -0.101. The van der Waals surface area contributed by atoms with Gasteiger partial charge in [-0.3, -0.25) is 9.59 Å². The molecule has 5 heteroatoms. The lowest BCUT2D eigenvalue weighted by Gasteiger charge is -2.54. The van der Waals surface area contributed by atoms with Crippen molar-refractivity contribution < 1.29 is 4.79 Å². The van der Waals surface area contributed by atoms with Crippen molar-refractivity contribution in [2.45, 2.75) is 58.4 Å². The van der Waals surface area contributed by atoms with Crippen molar-refractivity contribution in [1.29, 1.82) is 0 Å². The molecule has 0 saturated heterocycles. The number of H-pyrrole nitrogens is 1. The molecular formula is C26H28N2O2S. The van der Waals surface area contributed by atoms with Gasteiger partial charge in [-0.25, -0.2) is 0 Å². The SMILES string of the molecule is Cc1sc(C)c(C(=O)NC2CC3(CCC3)C2)c1Cc1ccc(-c2cc[nH]c(=O)c2)cc1. The predicted octanol–water partition coefficient (Wildman–Crippen LogP) is 5.37. The summed E-state index contributed by atoms with van der Waals surface area (Å²) in [6.07, 6.45) is 8.75. The fourth-order valence-corrected chi connectivity index (χ4v) is 6.39. The highest BCUT2D eigenvalue weighted by molar-refractivity contribution is 7.12. The van der Waals surface area contributed by atoms with E-state index < -0.39 is 0 Å². The Morgan fingerprint density at radius 1 is 1.10 bits per heavy atom. The Labute approximate surface area is 186 Å². The van der Waals surface area contributed by atoms with E-state index in [1.54, 1.807) is 23.6 Å². The molecule has 0 atom stereocenters. The third-order valence-corrected chi connectivity index (χ3v) is 8.23. The molecule has 2 N–H and O–H groups in total. The topological polar surface area (TPSA) is 62.0 Å². The van der Waals surface area contributed by atoms with Gasteiger partial charge in [0.1, 0.15) is 0 Å². The molecular weight excluding hydrogens is 404 g/mol. The molecule has 2 fully saturated rings. The van der Waals surface area contributed by atoms with E-state index >= 15 is 0 Å². The Hall–Kier alpha value is -2.66. The van der Waals surface area contributed by atoms with Gasteiger partial charge in [0.2, 0.25) is 5.56 Å². The highest BCUT2D eigenvalue weighted by atomic mass is 32.1. The Morgan fingerprint density at radius 3 is 2.48 bits per heavy atom. The number of hydrogen-bond donors (Lipinski definition) is 2. The average Bonchev–Trinajstić information content (AvgIpc) is 2.96. The van der Waals surface area contributed by atoms with Crippen molar-refractivity contribution in [3.63, 3.8) is 0 Å². The minimum absolute atomic E-state index is 0.0937. The zero-order valence-electron chi connectivity index (χ0n) is 18.1. The number of hydrogen-bond acceptors (Lipinski definition) is 3. The van der Waals surface area contributed by atoms with Gasteiger partial charge in [-0.15, -0.1) is 11.3 Å². The number of aromatic amines is 1. The van der Waals surface area contributed by atoms with E-state index in [0.29, 0.717) is 11.5 Å². The Balaban J connectivity index is 1.32. The normalized spacial score (nSPS) is 17.2. The number of carbonyl (C=O) groups is 1. The average molecular weight is 433 g/mol.